The monoisotopic (exact) mass is 268 g/mol. The molecule has 0 saturated carbocycles. The molecule has 0 bridgehead atoms. The lowest BCUT2D eigenvalue weighted by Gasteiger charge is -2.05. The number of carbonyl (C=O) groups excluding carboxylic acids is 3. The van der Waals surface area contributed by atoms with Gasteiger partial charge >= 0.3 is 0 Å². The molecule has 0 aliphatic heterocycles. The third-order valence-electron chi connectivity index (χ3n) is 3.09. The van der Waals surface area contributed by atoms with Crippen LogP contribution < -0.4 is 0 Å². The highest BCUT2D eigenvalue weighted by Gasteiger charge is 2.10. The van der Waals surface area contributed by atoms with Crippen LogP contribution >= 0.6 is 0 Å². The first-order valence-corrected chi connectivity index (χ1v) is 7.39. The Kier molecular flexibility index (Phi) is 9.36. The summed E-state index contributed by atoms with van der Waals surface area (Å²) in [6.07, 6.45) is 3.99. The van der Waals surface area contributed by atoms with Crippen molar-refractivity contribution in [2.45, 2.75) is 72.6 Å². The Morgan fingerprint density at radius 3 is 1.74 bits per heavy atom. The molecule has 0 fully saturated rings. The molecule has 0 aromatic rings. The van der Waals surface area contributed by atoms with Gasteiger partial charge < -0.3 is 0 Å². The van der Waals surface area contributed by atoms with E-state index in [-0.39, 0.29) is 23.3 Å². The van der Waals surface area contributed by atoms with Crippen molar-refractivity contribution >= 4 is 17.3 Å². The molecule has 0 radical (unpaired) electrons. The molecule has 0 amide bonds. The molecule has 110 valence electrons. The zero-order chi connectivity index (χ0) is 14.8. The molecule has 0 aromatic heterocycles. The number of Topliss-reactive ketones (excluding diaryl/α,β-unsaturated/α-hetero) is 3. The van der Waals surface area contributed by atoms with Gasteiger partial charge in [-0.2, -0.15) is 0 Å². The van der Waals surface area contributed by atoms with Gasteiger partial charge in [-0.05, 0) is 18.8 Å². The lowest BCUT2D eigenvalue weighted by Crippen LogP contribution is -2.09. The zero-order valence-corrected chi connectivity index (χ0v) is 12.8. The van der Waals surface area contributed by atoms with E-state index in [0.29, 0.717) is 38.0 Å². The predicted molar refractivity (Wildman–Crippen MR) is 77.0 cm³/mol. The average Bonchev–Trinajstić information content (AvgIpc) is 2.30. The molecular formula is C16H28O3. The van der Waals surface area contributed by atoms with E-state index in [1.165, 1.54) is 0 Å². The van der Waals surface area contributed by atoms with Gasteiger partial charge in [0.05, 0.1) is 0 Å². The molecule has 0 heterocycles. The van der Waals surface area contributed by atoms with E-state index in [0.717, 1.165) is 12.8 Å². The lowest BCUT2D eigenvalue weighted by molar-refractivity contribution is -0.126. The van der Waals surface area contributed by atoms with E-state index in [1.54, 1.807) is 0 Å². The SMILES string of the molecule is CC(C)CC(=O)CCCCC(=O)CCC(=O)C(C)C. The second kappa shape index (κ2) is 9.88. The largest absolute Gasteiger partial charge is 0.300 e. The van der Waals surface area contributed by atoms with Crippen LogP contribution in [-0.4, -0.2) is 17.3 Å². The van der Waals surface area contributed by atoms with Crippen molar-refractivity contribution in [2.24, 2.45) is 11.8 Å². The normalized spacial score (nSPS) is 11.1. The standard InChI is InChI=1S/C16H28O3/c1-12(2)11-15(18)8-6-5-7-14(17)9-10-16(19)13(3)4/h12-13H,5-11H2,1-4H3. The quantitative estimate of drug-likeness (QED) is 0.536. The third-order valence-corrected chi connectivity index (χ3v) is 3.09. The van der Waals surface area contributed by atoms with Crippen molar-refractivity contribution in [3.8, 4) is 0 Å². The van der Waals surface area contributed by atoms with Gasteiger partial charge in [0.15, 0.2) is 0 Å². The van der Waals surface area contributed by atoms with Crippen LogP contribution in [-0.2, 0) is 14.4 Å². The van der Waals surface area contributed by atoms with E-state index >= 15 is 0 Å². The van der Waals surface area contributed by atoms with E-state index in [1.807, 2.05) is 27.7 Å². The summed E-state index contributed by atoms with van der Waals surface area (Å²) in [5.41, 5.74) is 0. The highest BCUT2D eigenvalue weighted by Crippen LogP contribution is 2.10. The number of hydrogen-bond donors (Lipinski definition) is 0. The second-order valence-corrected chi connectivity index (χ2v) is 6.00. The lowest BCUT2D eigenvalue weighted by atomic mass is 9.99. The van der Waals surface area contributed by atoms with Gasteiger partial charge in [0.1, 0.15) is 17.3 Å². The maximum absolute atomic E-state index is 11.6. The first kappa shape index (κ1) is 18.0. The van der Waals surface area contributed by atoms with Crippen LogP contribution in [0, 0.1) is 11.8 Å². The Balaban J connectivity index is 3.59. The topological polar surface area (TPSA) is 51.2 Å². The smallest absolute Gasteiger partial charge is 0.135 e. The summed E-state index contributed by atoms with van der Waals surface area (Å²) < 4.78 is 0. The van der Waals surface area contributed by atoms with Gasteiger partial charge in [0.25, 0.3) is 0 Å². The minimum atomic E-state index is 0.0152. The van der Waals surface area contributed by atoms with E-state index in [4.69, 9.17) is 0 Å². The minimum Gasteiger partial charge on any atom is -0.300 e. The van der Waals surface area contributed by atoms with Crippen LogP contribution in [0.25, 0.3) is 0 Å². The summed E-state index contributed by atoms with van der Waals surface area (Å²) in [5.74, 6) is 1.01. The van der Waals surface area contributed by atoms with Crippen molar-refractivity contribution in [1.29, 1.82) is 0 Å². The van der Waals surface area contributed by atoms with Crippen molar-refractivity contribution < 1.29 is 14.4 Å². The van der Waals surface area contributed by atoms with Crippen molar-refractivity contribution in [3.63, 3.8) is 0 Å². The Labute approximate surface area is 117 Å². The van der Waals surface area contributed by atoms with Gasteiger partial charge in [-0.25, -0.2) is 0 Å². The molecule has 0 rings (SSSR count). The number of ketones is 3. The summed E-state index contributed by atoms with van der Waals surface area (Å²) in [5, 5.41) is 0. The van der Waals surface area contributed by atoms with Gasteiger partial charge in [-0.3, -0.25) is 14.4 Å². The zero-order valence-electron chi connectivity index (χ0n) is 12.8. The molecule has 3 heteroatoms. The number of unbranched alkanes of at least 4 members (excludes halogenated alkanes) is 1. The number of carbonyl (C=O) groups is 3. The molecule has 0 atom stereocenters. The highest BCUT2D eigenvalue weighted by molar-refractivity contribution is 5.86. The van der Waals surface area contributed by atoms with E-state index in [9.17, 15) is 14.4 Å². The van der Waals surface area contributed by atoms with Crippen molar-refractivity contribution in [1.82, 2.24) is 0 Å². The van der Waals surface area contributed by atoms with Crippen LogP contribution in [0.15, 0.2) is 0 Å². The number of rotatable bonds is 11. The van der Waals surface area contributed by atoms with E-state index in [2.05, 4.69) is 0 Å². The molecule has 0 spiro atoms. The summed E-state index contributed by atoms with van der Waals surface area (Å²) in [6, 6.07) is 0. The molecule has 0 aromatic carbocycles. The molecule has 0 saturated heterocycles. The first-order chi connectivity index (χ1) is 8.82. The van der Waals surface area contributed by atoms with Crippen LogP contribution in [0.3, 0.4) is 0 Å². The van der Waals surface area contributed by atoms with Crippen LogP contribution in [0.4, 0.5) is 0 Å². The fourth-order valence-electron chi connectivity index (χ4n) is 1.88. The van der Waals surface area contributed by atoms with Crippen molar-refractivity contribution in [3.05, 3.63) is 0 Å². The van der Waals surface area contributed by atoms with Gasteiger partial charge in [-0.15, -0.1) is 0 Å². The van der Waals surface area contributed by atoms with Crippen LogP contribution in [0.2, 0.25) is 0 Å². The average molecular weight is 268 g/mol. The van der Waals surface area contributed by atoms with E-state index < -0.39 is 0 Å². The Hall–Kier alpha value is -0.990. The first-order valence-electron chi connectivity index (χ1n) is 7.39. The Morgan fingerprint density at radius 2 is 1.26 bits per heavy atom. The molecular weight excluding hydrogens is 240 g/mol. The molecule has 0 aliphatic carbocycles. The fourth-order valence-corrected chi connectivity index (χ4v) is 1.88. The Morgan fingerprint density at radius 1 is 0.737 bits per heavy atom. The molecule has 0 aliphatic rings. The molecule has 0 unspecified atom stereocenters. The number of hydrogen-bond acceptors (Lipinski definition) is 3. The Bertz CT molecular complexity index is 303. The van der Waals surface area contributed by atoms with Crippen LogP contribution in [0.5, 0.6) is 0 Å². The summed E-state index contributed by atoms with van der Waals surface area (Å²) in [6.45, 7) is 7.78. The minimum absolute atomic E-state index is 0.0152. The third kappa shape index (κ3) is 10.6. The molecule has 0 N–H and O–H groups in total. The summed E-state index contributed by atoms with van der Waals surface area (Å²) >= 11 is 0. The van der Waals surface area contributed by atoms with Gasteiger partial charge in [0.2, 0.25) is 0 Å². The van der Waals surface area contributed by atoms with Crippen molar-refractivity contribution in [2.75, 3.05) is 0 Å². The molecule has 3 nitrogen and oxygen atoms in total. The summed E-state index contributed by atoms with van der Waals surface area (Å²) in [7, 11) is 0. The maximum atomic E-state index is 11.6. The molecule has 19 heavy (non-hydrogen) atoms. The predicted octanol–water partition coefficient (Wildman–Crippen LogP) is 3.74. The maximum Gasteiger partial charge on any atom is 0.135 e. The highest BCUT2D eigenvalue weighted by atomic mass is 16.1. The van der Waals surface area contributed by atoms with Gasteiger partial charge in [0, 0.05) is 38.0 Å². The fraction of sp³-hybridized carbons (Fsp3) is 0.812. The van der Waals surface area contributed by atoms with Gasteiger partial charge in [-0.1, -0.05) is 27.7 Å². The van der Waals surface area contributed by atoms with Crippen LogP contribution in [0.1, 0.15) is 72.6 Å². The summed E-state index contributed by atoms with van der Waals surface area (Å²) in [4.78, 5) is 34.4. The second-order valence-electron chi connectivity index (χ2n) is 6.00.